The molecule has 124 valence electrons. The van der Waals surface area contributed by atoms with Crippen molar-refractivity contribution >= 4 is 11.8 Å². The fourth-order valence-electron chi connectivity index (χ4n) is 3.77. The van der Waals surface area contributed by atoms with E-state index in [-0.39, 0.29) is 30.6 Å². The molecule has 22 heavy (non-hydrogen) atoms. The zero-order valence-electron chi connectivity index (χ0n) is 13.3. The normalized spacial score (nSPS) is 32.2. The smallest absolute Gasteiger partial charge is 0.248 e. The van der Waals surface area contributed by atoms with Crippen molar-refractivity contribution in [2.75, 3.05) is 46.4 Å². The van der Waals surface area contributed by atoms with Crippen molar-refractivity contribution in [1.82, 2.24) is 14.7 Å². The van der Waals surface area contributed by atoms with Crippen LogP contribution in [-0.2, 0) is 14.3 Å². The molecular weight excluding hydrogens is 286 g/mol. The highest BCUT2D eigenvalue weighted by Gasteiger charge is 2.44. The lowest BCUT2D eigenvalue weighted by Crippen LogP contribution is -2.52. The molecule has 0 saturated carbocycles. The Labute approximate surface area is 130 Å². The third-order valence-corrected chi connectivity index (χ3v) is 5.28. The maximum Gasteiger partial charge on any atom is 0.248 e. The van der Waals surface area contributed by atoms with Gasteiger partial charge in [-0.1, -0.05) is 0 Å². The molecule has 0 aliphatic carbocycles. The molecule has 7 nitrogen and oxygen atoms in total. The van der Waals surface area contributed by atoms with Gasteiger partial charge < -0.3 is 19.6 Å². The van der Waals surface area contributed by atoms with Crippen LogP contribution in [0, 0.1) is 0 Å². The lowest BCUT2D eigenvalue weighted by atomic mass is 9.91. The fourth-order valence-corrected chi connectivity index (χ4v) is 3.77. The number of piperidine rings is 1. The SMILES string of the molecule is CC(=O)N1CCC(O)(CN2C[C@@H]3OCC(=O)N(C)[C@H]3C2)CC1. The number of amides is 2. The molecule has 7 heteroatoms. The number of likely N-dealkylation sites (N-methyl/N-ethyl adjacent to an activating group) is 1. The van der Waals surface area contributed by atoms with E-state index < -0.39 is 5.60 Å². The van der Waals surface area contributed by atoms with Gasteiger partial charge in [0.1, 0.15) is 6.61 Å². The summed E-state index contributed by atoms with van der Waals surface area (Å²) >= 11 is 0. The van der Waals surface area contributed by atoms with Gasteiger partial charge in [-0.15, -0.1) is 0 Å². The lowest BCUT2D eigenvalue weighted by Gasteiger charge is -2.40. The van der Waals surface area contributed by atoms with Gasteiger partial charge in [0.25, 0.3) is 0 Å². The summed E-state index contributed by atoms with van der Waals surface area (Å²) in [4.78, 5) is 28.8. The van der Waals surface area contributed by atoms with E-state index in [1.807, 2.05) is 7.05 Å². The number of carbonyl (C=O) groups excluding carboxylic acids is 2. The number of nitrogens with zero attached hydrogens (tertiary/aromatic N) is 3. The van der Waals surface area contributed by atoms with E-state index in [1.54, 1.807) is 16.7 Å². The lowest BCUT2D eigenvalue weighted by molar-refractivity contribution is -0.150. The molecule has 3 aliphatic heterocycles. The predicted molar refractivity (Wildman–Crippen MR) is 79.2 cm³/mol. The van der Waals surface area contributed by atoms with Gasteiger partial charge in [0.15, 0.2) is 0 Å². The molecule has 0 spiro atoms. The molecule has 3 heterocycles. The maximum absolute atomic E-state index is 11.7. The average molecular weight is 311 g/mol. The molecule has 3 fully saturated rings. The van der Waals surface area contributed by atoms with Crippen LogP contribution in [0.15, 0.2) is 0 Å². The highest BCUT2D eigenvalue weighted by atomic mass is 16.5. The largest absolute Gasteiger partial charge is 0.388 e. The van der Waals surface area contributed by atoms with Gasteiger partial charge in [0.05, 0.1) is 17.7 Å². The van der Waals surface area contributed by atoms with Crippen LogP contribution >= 0.6 is 0 Å². The van der Waals surface area contributed by atoms with E-state index in [0.29, 0.717) is 32.5 Å². The van der Waals surface area contributed by atoms with Gasteiger partial charge in [0, 0.05) is 46.7 Å². The Balaban J connectivity index is 1.56. The van der Waals surface area contributed by atoms with E-state index in [4.69, 9.17) is 4.74 Å². The Morgan fingerprint density at radius 3 is 2.68 bits per heavy atom. The van der Waals surface area contributed by atoms with Crippen molar-refractivity contribution in [3.63, 3.8) is 0 Å². The van der Waals surface area contributed by atoms with E-state index >= 15 is 0 Å². The molecule has 1 N–H and O–H groups in total. The second-order valence-electron chi connectivity index (χ2n) is 6.85. The average Bonchev–Trinajstić information content (AvgIpc) is 2.86. The summed E-state index contributed by atoms with van der Waals surface area (Å²) in [5.41, 5.74) is -0.748. The van der Waals surface area contributed by atoms with Crippen LogP contribution in [0.4, 0.5) is 0 Å². The van der Waals surface area contributed by atoms with Crippen LogP contribution in [-0.4, -0.2) is 95.7 Å². The first-order valence-electron chi connectivity index (χ1n) is 7.95. The topological polar surface area (TPSA) is 73.3 Å². The molecule has 3 rings (SSSR count). The molecule has 2 atom stereocenters. The molecule has 0 unspecified atom stereocenters. The molecule has 3 saturated heterocycles. The molecule has 0 radical (unpaired) electrons. The first-order valence-corrected chi connectivity index (χ1v) is 7.95. The monoisotopic (exact) mass is 311 g/mol. The molecule has 2 amide bonds. The Bertz CT molecular complexity index is 462. The van der Waals surface area contributed by atoms with E-state index in [2.05, 4.69) is 4.90 Å². The zero-order valence-corrected chi connectivity index (χ0v) is 13.3. The Kier molecular flexibility index (Phi) is 4.13. The minimum atomic E-state index is -0.748. The Hall–Kier alpha value is -1.18. The Morgan fingerprint density at radius 2 is 2.05 bits per heavy atom. The number of likely N-dealkylation sites (tertiary alicyclic amines) is 2. The number of ether oxygens (including phenoxy) is 1. The number of hydrogen-bond donors (Lipinski definition) is 1. The van der Waals surface area contributed by atoms with Gasteiger partial charge in [-0.25, -0.2) is 0 Å². The van der Waals surface area contributed by atoms with Crippen molar-refractivity contribution in [2.45, 2.75) is 37.5 Å². The number of carbonyl (C=O) groups is 2. The summed E-state index contributed by atoms with van der Waals surface area (Å²) in [5, 5.41) is 10.8. The van der Waals surface area contributed by atoms with Crippen LogP contribution in [0.1, 0.15) is 19.8 Å². The van der Waals surface area contributed by atoms with Crippen molar-refractivity contribution < 1.29 is 19.4 Å². The summed E-state index contributed by atoms with van der Waals surface area (Å²) < 4.78 is 5.62. The van der Waals surface area contributed by atoms with Crippen molar-refractivity contribution in [1.29, 1.82) is 0 Å². The summed E-state index contributed by atoms with van der Waals surface area (Å²) in [5.74, 6) is 0.0966. The number of morpholine rings is 1. The predicted octanol–water partition coefficient (Wildman–Crippen LogP) is -1.10. The quantitative estimate of drug-likeness (QED) is 0.701. The standard InChI is InChI=1S/C15H25N3O4/c1-11(19)18-5-3-15(21,4-6-18)10-17-7-12-13(8-17)22-9-14(20)16(12)2/h12-13,21H,3-10H2,1-2H3/t12-,13-/m0/s1. The van der Waals surface area contributed by atoms with Crippen LogP contribution in [0.25, 0.3) is 0 Å². The molecule has 0 aromatic carbocycles. The van der Waals surface area contributed by atoms with E-state index in [1.165, 1.54) is 0 Å². The van der Waals surface area contributed by atoms with E-state index in [9.17, 15) is 14.7 Å². The third kappa shape index (κ3) is 2.98. The van der Waals surface area contributed by atoms with Gasteiger partial charge in [-0.05, 0) is 12.8 Å². The zero-order chi connectivity index (χ0) is 15.9. The second kappa shape index (κ2) is 5.79. The van der Waals surface area contributed by atoms with Crippen molar-refractivity contribution in [2.24, 2.45) is 0 Å². The molecule has 3 aliphatic rings. The van der Waals surface area contributed by atoms with Gasteiger partial charge in [-0.2, -0.15) is 0 Å². The highest BCUT2D eigenvalue weighted by Crippen LogP contribution is 2.28. The van der Waals surface area contributed by atoms with Crippen molar-refractivity contribution in [3.05, 3.63) is 0 Å². The summed E-state index contributed by atoms with van der Waals surface area (Å²) in [7, 11) is 1.83. The van der Waals surface area contributed by atoms with Gasteiger partial charge in [-0.3, -0.25) is 14.5 Å². The van der Waals surface area contributed by atoms with Crippen LogP contribution < -0.4 is 0 Å². The summed E-state index contributed by atoms with van der Waals surface area (Å²) in [6, 6.07) is 0.0853. The first-order chi connectivity index (χ1) is 10.4. The van der Waals surface area contributed by atoms with Crippen LogP contribution in [0.5, 0.6) is 0 Å². The van der Waals surface area contributed by atoms with Gasteiger partial charge >= 0.3 is 0 Å². The Morgan fingerprint density at radius 1 is 1.36 bits per heavy atom. The number of aliphatic hydroxyl groups is 1. The number of rotatable bonds is 2. The molecule has 0 aromatic heterocycles. The first kappa shape index (κ1) is 15.7. The maximum atomic E-state index is 11.7. The molecule has 0 aromatic rings. The number of β-amino-alcohol motifs (C(OH)–C–C–N with tert-alkyl or cyclic N) is 1. The van der Waals surface area contributed by atoms with Crippen LogP contribution in [0.2, 0.25) is 0 Å². The van der Waals surface area contributed by atoms with Crippen LogP contribution in [0.3, 0.4) is 0 Å². The van der Waals surface area contributed by atoms with E-state index in [0.717, 1.165) is 13.1 Å². The number of hydrogen-bond acceptors (Lipinski definition) is 5. The highest BCUT2D eigenvalue weighted by molar-refractivity contribution is 5.78. The summed E-state index contributed by atoms with van der Waals surface area (Å²) in [6.07, 6.45) is 1.26. The van der Waals surface area contributed by atoms with Gasteiger partial charge in [0.2, 0.25) is 11.8 Å². The summed E-state index contributed by atoms with van der Waals surface area (Å²) in [6.45, 7) is 5.02. The second-order valence-corrected chi connectivity index (χ2v) is 6.85. The third-order valence-electron chi connectivity index (χ3n) is 5.28. The van der Waals surface area contributed by atoms with Crippen molar-refractivity contribution in [3.8, 4) is 0 Å². The minimum Gasteiger partial charge on any atom is -0.388 e. The molecule has 0 bridgehead atoms. The minimum absolute atomic E-state index is 0.0246. The number of fused-ring (bicyclic) bond motifs is 1. The molecular formula is C15H25N3O4. The fraction of sp³-hybridized carbons (Fsp3) is 0.867.